The molecule has 2 aromatic carbocycles. The predicted molar refractivity (Wildman–Crippen MR) is 95.1 cm³/mol. The van der Waals surface area contributed by atoms with Gasteiger partial charge in [0.15, 0.2) is 0 Å². The molecule has 4 heteroatoms. The highest BCUT2D eigenvalue weighted by Gasteiger charge is 2.33. The number of hydrogen-bond acceptors (Lipinski definition) is 3. The van der Waals surface area contributed by atoms with E-state index in [4.69, 9.17) is 9.16 Å². The predicted octanol–water partition coefficient (Wildman–Crippen LogP) is 2.74. The smallest absolute Gasteiger partial charge is 0.333 e. The molecule has 0 saturated heterocycles. The molecule has 2 rings (SSSR count). The van der Waals surface area contributed by atoms with Gasteiger partial charge in [-0.2, -0.15) is 0 Å². The molecule has 0 radical (unpaired) electrons. The molecule has 3 nitrogen and oxygen atoms in total. The van der Waals surface area contributed by atoms with Gasteiger partial charge in [0.1, 0.15) is 16.1 Å². The summed E-state index contributed by atoms with van der Waals surface area (Å²) in [6.45, 7) is 5.53. The third-order valence-corrected chi connectivity index (χ3v) is 4.56. The molecule has 0 saturated carbocycles. The quantitative estimate of drug-likeness (QED) is 0.446. The van der Waals surface area contributed by atoms with Gasteiger partial charge in [0, 0.05) is 12.0 Å². The monoisotopic (exact) mass is 326 g/mol. The van der Waals surface area contributed by atoms with Gasteiger partial charge in [-0.15, -0.1) is 0 Å². The van der Waals surface area contributed by atoms with Gasteiger partial charge >= 0.3 is 5.97 Å². The molecule has 0 amide bonds. The molecule has 120 valence electrons. The maximum atomic E-state index is 11.6. The van der Waals surface area contributed by atoms with Crippen LogP contribution in [0.25, 0.3) is 0 Å². The minimum atomic E-state index is -0.593. The van der Waals surface area contributed by atoms with E-state index in [1.807, 2.05) is 60.7 Å². The maximum Gasteiger partial charge on any atom is 0.333 e. The van der Waals surface area contributed by atoms with Crippen molar-refractivity contribution in [1.82, 2.24) is 0 Å². The van der Waals surface area contributed by atoms with E-state index in [0.717, 1.165) is 11.1 Å². The fourth-order valence-corrected chi connectivity index (χ4v) is 3.29. The van der Waals surface area contributed by atoms with Crippen molar-refractivity contribution >= 4 is 16.5 Å². The van der Waals surface area contributed by atoms with E-state index < -0.39 is 5.60 Å². The third kappa shape index (κ3) is 3.97. The normalized spacial score (nSPS) is 11.2. The summed E-state index contributed by atoms with van der Waals surface area (Å²) in [7, 11) is 0.567. The largest absolute Gasteiger partial charge is 0.462 e. The van der Waals surface area contributed by atoms with Crippen molar-refractivity contribution in [2.24, 2.45) is 0 Å². The van der Waals surface area contributed by atoms with Crippen LogP contribution in [0.3, 0.4) is 0 Å². The summed E-state index contributed by atoms with van der Waals surface area (Å²) < 4.78 is 11.4. The average Bonchev–Trinajstić information content (AvgIpc) is 2.60. The first-order chi connectivity index (χ1) is 11.1. The van der Waals surface area contributed by atoms with Crippen LogP contribution in [0.2, 0.25) is 0 Å². The Labute approximate surface area is 140 Å². The molecule has 0 fully saturated rings. The van der Waals surface area contributed by atoms with Gasteiger partial charge in [0.2, 0.25) is 0 Å². The van der Waals surface area contributed by atoms with E-state index in [1.165, 1.54) is 0 Å². The Morgan fingerprint density at radius 3 is 1.91 bits per heavy atom. The minimum absolute atomic E-state index is 0.276. The van der Waals surface area contributed by atoms with Crippen LogP contribution >= 0.6 is 0 Å². The lowest BCUT2D eigenvalue weighted by molar-refractivity contribution is -0.140. The summed E-state index contributed by atoms with van der Waals surface area (Å²) in [4.78, 5) is 11.6. The summed E-state index contributed by atoms with van der Waals surface area (Å²) >= 11 is 0. The molecule has 23 heavy (non-hydrogen) atoms. The molecule has 0 atom stereocenters. The molecular weight excluding hydrogens is 304 g/mol. The highest BCUT2D eigenvalue weighted by molar-refractivity contribution is 5.98. The molecule has 0 aromatic heterocycles. The molecule has 0 spiro atoms. The molecular formula is C19H22O3Si. The number of carbonyl (C=O) groups excluding carboxylic acids is 1. The SMILES string of the molecule is C=C(C)C(=O)OCCC(O[SiH3])(c1ccccc1)c1ccccc1. The van der Waals surface area contributed by atoms with Crippen molar-refractivity contribution in [3.63, 3.8) is 0 Å². The van der Waals surface area contributed by atoms with Crippen LogP contribution in [0.1, 0.15) is 24.5 Å². The van der Waals surface area contributed by atoms with Crippen LogP contribution in [0, 0.1) is 0 Å². The van der Waals surface area contributed by atoms with E-state index >= 15 is 0 Å². The topological polar surface area (TPSA) is 35.5 Å². The lowest BCUT2D eigenvalue weighted by atomic mass is 9.84. The van der Waals surface area contributed by atoms with Crippen molar-refractivity contribution in [2.45, 2.75) is 18.9 Å². The first-order valence-electron chi connectivity index (χ1n) is 7.59. The number of hydrogen-bond donors (Lipinski definition) is 0. The number of carbonyl (C=O) groups is 1. The van der Waals surface area contributed by atoms with Crippen molar-refractivity contribution in [3.8, 4) is 0 Å². The molecule has 0 heterocycles. The van der Waals surface area contributed by atoms with Crippen LogP contribution in [0.4, 0.5) is 0 Å². The summed E-state index contributed by atoms with van der Waals surface area (Å²) in [5, 5.41) is 0. The second-order valence-corrected chi connectivity index (χ2v) is 5.84. The maximum absolute atomic E-state index is 11.6. The lowest BCUT2D eigenvalue weighted by Crippen LogP contribution is -2.32. The Bertz CT molecular complexity index is 613. The summed E-state index contributed by atoms with van der Waals surface area (Å²) in [6.07, 6.45) is 0.559. The van der Waals surface area contributed by atoms with E-state index in [-0.39, 0.29) is 12.6 Å². The van der Waals surface area contributed by atoms with Gasteiger partial charge in [-0.1, -0.05) is 67.2 Å². The Balaban J connectivity index is 2.31. The molecule has 0 aliphatic heterocycles. The number of rotatable bonds is 7. The van der Waals surface area contributed by atoms with E-state index in [1.54, 1.807) is 6.92 Å². The van der Waals surface area contributed by atoms with Crippen molar-refractivity contribution < 1.29 is 14.0 Å². The Kier molecular flexibility index (Phi) is 5.90. The first kappa shape index (κ1) is 17.2. The second-order valence-electron chi connectivity index (χ2n) is 5.43. The van der Waals surface area contributed by atoms with Crippen LogP contribution in [0.5, 0.6) is 0 Å². The van der Waals surface area contributed by atoms with Crippen molar-refractivity contribution in [3.05, 3.63) is 83.9 Å². The van der Waals surface area contributed by atoms with Crippen LogP contribution in [0.15, 0.2) is 72.8 Å². The highest BCUT2D eigenvalue weighted by Crippen LogP contribution is 2.36. The fourth-order valence-electron chi connectivity index (χ4n) is 2.62. The second kappa shape index (κ2) is 7.90. The van der Waals surface area contributed by atoms with E-state index in [9.17, 15) is 4.79 Å². The van der Waals surface area contributed by atoms with E-state index in [0.29, 0.717) is 22.5 Å². The molecule has 2 aromatic rings. The highest BCUT2D eigenvalue weighted by atomic mass is 28.2. The Hall–Kier alpha value is -2.17. The number of esters is 1. The minimum Gasteiger partial charge on any atom is -0.462 e. The van der Waals surface area contributed by atoms with Crippen molar-refractivity contribution in [1.29, 1.82) is 0 Å². The average molecular weight is 326 g/mol. The van der Waals surface area contributed by atoms with Gasteiger partial charge < -0.3 is 9.16 Å². The molecule has 0 bridgehead atoms. The van der Waals surface area contributed by atoms with Gasteiger partial charge in [0.25, 0.3) is 0 Å². The Morgan fingerprint density at radius 2 is 1.52 bits per heavy atom. The Morgan fingerprint density at radius 1 is 1.04 bits per heavy atom. The molecule has 0 unspecified atom stereocenters. The van der Waals surface area contributed by atoms with Crippen molar-refractivity contribution in [2.75, 3.05) is 6.61 Å². The fraction of sp³-hybridized carbons (Fsp3) is 0.211. The summed E-state index contributed by atoms with van der Waals surface area (Å²) in [5.74, 6) is -0.367. The van der Waals surface area contributed by atoms with Gasteiger partial charge in [-0.25, -0.2) is 4.79 Å². The summed E-state index contributed by atoms with van der Waals surface area (Å²) in [6, 6.07) is 20.1. The van der Waals surface area contributed by atoms with Gasteiger partial charge in [-0.05, 0) is 18.1 Å². The van der Waals surface area contributed by atoms with Crippen LogP contribution in [-0.2, 0) is 19.6 Å². The zero-order chi connectivity index (χ0) is 16.7. The molecule has 0 N–H and O–H groups in total. The first-order valence-corrected chi connectivity index (χ1v) is 8.40. The third-order valence-electron chi connectivity index (χ3n) is 3.86. The summed E-state index contributed by atoms with van der Waals surface area (Å²) in [5.41, 5.74) is 1.94. The molecule has 0 aliphatic carbocycles. The van der Waals surface area contributed by atoms with Gasteiger partial charge in [0.05, 0.1) is 6.61 Å². The van der Waals surface area contributed by atoms with Crippen LogP contribution in [-0.4, -0.2) is 23.1 Å². The number of ether oxygens (including phenoxy) is 1. The zero-order valence-electron chi connectivity index (χ0n) is 13.6. The van der Waals surface area contributed by atoms with Gasteiger partial charge in [-0.3, -0.25) is 0 Å². The number of benzene rings is 2. The zero-order valence-corrected chi connectivity index (χ0v) is 15.6. The van der Waals surface area contributed by atoms with Crippen LogP contribution < -0.4 is 0 Å². The van der Waals surface area contributed by atoms with E-state index in [2.05, 4.69) is 6.58 Å². The standard InChI is InChI=1S/C19H22O3Si/c1-15(2)18(20)21-14-13-19(22-23,16-9-5-3-6-10-16)17-11-7-4-8-12-17/h3-12H,1,13-14H2,2,23H3. The lowest BCUT2D eigenvalue weighted by Gasteiger charge is -2.34. The molecule has 0 aliphatic rings.